The molecular formula is C13H17BrN6O3S. The summed E-state index contributed by atoms with van der Waals surface area (Å²) >= 11 is 3.31. The van der Waals surface area contributed by atoms with E-state index in [1.165, 1.54) is 21.4 Å². The lowest BCUT2D eigenvalue weighted by Gasteiger charge is -2.33. The van der Waals surface area contributed by atoms with Crippen LogP contribution in [0.2, 0.25) is 0 Å². The van der Waals surface area contributed by atoms with Gasteiger partial charge in [-0.15, -0.1) is 0 Å². The molecule has 0 N–H and O–H groups in total. The van der Waals surface area contributed by atoms with Gasteiger partial charge in [0, 0.05) is 52.7 Å². The second-order valence-corrected chi connectivity index (χ2v) is 8.34. The zero-order chi connectivity index (χ0) is 17.5. The fourth-order valence-electron chi connectivity index (χ4n) is 2.57. The van der Waals surface area contributed by atoms with Crippen molar-refractivity contribution >= 4 is 31.9 Å². The van der Waals surface area contributed by atoms with Crippen LogP contribution in [0.15, 0.2) is 28.0 Å². The van der Waals surface area contributed by atoms with Gasteiger partial charge >= 0.3 is 0 Å². The van der Waals surface area contributed by atoms with Crippen molar-refractivity contribution in [3.8, 4) is 0 Å². The number of nitrogens with zero attached hydrogens (tertiary/aromatic N) is 6. The second kappa shape index (κ2) is 6.30. The topological polar surface area (TPSA) is 93.3 Å². The molecule has 9 nitrogen and oxygen atoms in total. The maximum Gasteiger partial charge on any atom is 0.275 e. The largest absolute Gasteiger partial charge is 0.335 e. The number of carbonyl (C=O) groups excluding carboxylic acids is 1. The van der Waals surface area contributed by atoms with E-state index in [9.17, 15) is 13.2 Å². The van der Waals surface area contributed by atoms with Gasteiger partial charge in [-0.05, 0) is 15.9 Å². The smallest absolute Gasteiger partial charge is 0.275 e. The summed E-state index contributed by atoms with van der Waals surface area (Å²) in [6.07, 6.45) is 4.51. The number of aromatic nitrogens is 4. The van der Waals surface area contributed by atoms with Gasteiger partial charge in [-0.3, -0.25) is 14.2 Å². The number of hydrogen-bond donors (Lipinski definition) is 0. The number of aryl methyl sites for hydroxylation is 2. The number of carbonyl (C=O) groups is 1. The third kappa shape index (κ3) is 3.10. The van der Waals surface area contributed by atoms with E-state index in [0.29, 0.717) is 23.3 Å². The number of halogens is 1. The molecule has 0 radical (unpaired) electrons. The molecular weight excluding hydrogens is 400 g/mol. The van der Waals surface area contributed by atoms with E-state index in [0.717, 1.165) is 0 Å². The van der Waals surface area contributed by atoms with Crippen molar-refractivity contribution in [1.82, 2.24) is 28.8 Å². The molecule has 130 valence electrons. The summed E-state index contributed by atoms with van der Waals surface area (Å²) in [5.74, 6) is -0.207. The van der Waals surface area contributed by atoms with Crippen molar-refractivity contribution < 1.29 is 13.2 Å². The number of rotatable bonds is 3. The molecule has 1 aliphatic rings. The summed E-state index contributed by atoms with van der Waals surface area (Å²) in [6, 6.07) is 0. The van der Waals surface area contributed by atoms with Crippen molar-refractivity contribution in [2.75, 3.05) is 26.2 Å². The summed E-state index contributed by atoms with van der Waals surface area (Å²) in [5, 5.41) is 8.04. The normalized spacial score (nSPS) is 16.5. The number of amides is 1. The first-order chi connectivity index (χ1) is 11.3. The Morgan fingerprint density at radius 2 is 1.79 bits per heavy atom. The molecule has 0 saturated carbocycles. The quantitative estimate of drug-likeness (QED) is 0.705. The minimum atomic E-state index is -3.58. The highest BCUT2D eigenvalue weighted by Crippen LogP contribution is 2.20. The van der Waals surface area contributed by atoms with E-state index < -0.39 is 10.0 Å². The molecule has 1 fully saturated rings. The molecule has 2 aromatic rings. The highest BCUT2D eigenvalue weighted by atomic mass is 79.9. The molecule has 0 aromatic carbocycles. The molecule has 0 bridgehead atoms. The minimum absolute atomic E-state index is 0.164. The lowest BCUT2D eigenvalue weighted by molar-refractivity contribution is 0.0690. The Balaban J connectivity index is 1.70. The van der Waals surface area contributed by atoms with Gasteiger partial charge in [0.2, 0.25) is 10.0 Å². The van der Waals surface area contributed by atoms with E-state index in [-0.39, 0.29) is 23.9 Å². The van der Waals surface area contributed by atoms with Crippen LogP contribution in [0.3, 0.4) is 0 Å². The molecule has 2 aromatic heterocycles. The van der Waals surface area contributed by atoms with Gasteiger partial charge in [-0.25, -0.2) is 8.42 Å². The van der Waals surface area contributed by atoms with Crippen molar-refractivity contribution in [3.63, 3.8) is 0 Å². The third-order valence-electron chi connectivity index (χ3n) is 3.83. The average molecular weight is 417 g/mol. The van der Waals surface area contributed by atoms with Crippen LogP contribution in [-0.4, -0.2) is 69.3 Å². The summed E-state index contributed by atoms with van der Waals surface area (Å²) in [6.45, 7) is 1.13. The van der Waals surface area contributed by atoms with Crippen LogP contribution in [0, 0.1) is 0 Å². The van der Waals surface area contributed by atoms with Crippen LogP contribution in [0.4, 0.5) is 0 Å². The molecule has 0 atom stereocenters. The van der Waals surface area contributed by atoms with Crippen molar-refractivity contribution in [2.45, 2.75) is 4.90 Å². The molecule has 11 heteroatoms. The predicted molar refractivity (Wildman–Crippen MR) is 88.8 cm³/mol. The first-order valence-corrected chi connectivity index (χ1v) is 9.49. The third-order valence-corrected chi connectivity index (χ3v) is 6.26. The van der Waals surface area contributed by atoms with Gasteiger partial charge in [-0.2, -0.15) is 14.5 Å². The Bertz CT molecular complexity index is 866. The fourth-order valence-corrected chi connectivity index (χ4v) is 4.52. The Labute approximate surface area is 148 Å². The van der Waals surface area contributed by atoms with Crippen LogP contribution in [-0.2, 0) is 24.1 Å². The average Bonchev–Trinajstić information content (AvgIpc) is 3.12. The summed E-state index contributed by atoms with van der Waals surface area (Å²) < 4.78 is 30.1. The Kier molecular flexibility index (Phi) is 4.49. The van der Waals surface area contributed by atoms with Gasteiger partial charge in [0.25, 0.3) is 5.91 Å². The molecule has 3 heterocycles. The van der Waals surface area contributed by atoms with Crippen LogP contribution < -0.4 is 0 Å². The van der Waals surface area contributed by atoms with Gasteiger partial charge < -0.3 is 4.90 Å². The maximum absolute atomic E-state index is 12.6. The maximum atomic E-state index is 12.6. The second-order valence-electron chi connectivity index (χ2n) is 5.55. The highest BCUT2D eigenvalue weighted by molar-refractivity contribution is 9.10. The number of sulfonamides is 1. The molecule has 0 aliphatic carbocycles. The monoisotopic (exact) mass is 416 g/mol. The first-order valence-electron chi connectivity index (χ1n) is 7.26. The van der Waals surface area contributed by atoms with Crippen molar-refractivity contribution in [1.29, 1.82) is 0 Å². The zero-order valence-corrected chi connectivity index (χ0v) is 15.7. The predicted octanol–water partition coefficient (Wildman–Crippen LogP) is 0.0628. The molecule has 24 heavy (non-hydrogen) atoms. The molecule has 1 amide bonds. The van der Waals surface area contributed by atoms with Gasteiger partial charge in [-0.1, -0.05) is 0 Å². The minimum Gasteiger partial charge on any atom is -0.335 e. The van der Waals surface area contributed by atoms with E-state index in [1.54, 1.807) is 29.9 Å². The number of piperazine rings is 1. The summed E-state index contributed by atoms with van der Waals surface area (Å²) in [4.78, 5) is 14.3. The molecule has 3 rings (SSSR count). The van der Waals surface area contributed by atoms with E-state index >= 15 is 0 Å². The molecule has 0 unspecified atom stereocenters. The zero-order valence-electron chi connectivity index (χ0n) is 13.3. The standard InChI is InChI=1S/C13H17BrN6O3S/c1-17-8-10(7-15-17)24(22,23)20-5-3-19(4-6-20)13(21)12-11(14)9-18(2)16-12/h7-9H,3-6H2,1-2H3. The number of hydrogen-bond acceptors (Lipinski definition) is 5. The Morgan fingerprint density at radius 3 is 2.29 bits per heavy atom. The molecule has 0 spiro atoms. The van der Waals surface area contributed by atoms with Gasteiger partial charge in [0.05, 0.1) is 10.7 Å². The Hall–Kier alpha value is -1.72. The van der Waals surface area contributed by atoms with Crippen LogP contribution in [0.1, 0.15) is 10.5 Å². The molecule has 1 aliphatic heterocycles. The molecule has 1 saturated heterocycles. The highest BCUT2D eigenvalue weighted by Gasteiger charge is 2.32. The van der Waals surface area contributed by atoms with Crippen LogP contribution >= 0.6 is 15.9 Å². The summed E-state index contributed by atoms with van der Waals surface area (Å²) in [7, 11) is -0.173. The Morgan fingerprint density at radius 1 is 1.12 bits per heavy atom. The lowest BCUT2D eigenvalue weighted by Crippen LogP contribution is -2.50. The van der Waals surface area contributed by atoms with E-state index in [1.807, 2.05) is 0 Å². The first kappa shape index (κ1) is 17.1. The van der Waals surface area contributed by atoms with Crippen LogP contribution in [0.5, 0.6) is 0 Å². The summed E-state index contributed by atoms with van der Waals surface area (Å²) in [5.41, 5.74) is 0.334. The van der Waals surface area contributed by atoms with E-state index in [2.05, 4.69) is 26.1 Å². The van der Waals surface area contributed by atoms with Crippen molar-refractivity contribution in [2.24, 2.45) is 14.1 Å². The van der Waals surface area contributed by atoms with Crippen LogP contribution in [0.25, 0.3) is 0 Å². The van der Waals surface area contributed by atoms with E-state index in [4.69, 9.17) is 0 Å². The van der Waals surface area contributed by atoms with Gasteiger partial charge in [0.1, 0.15) is 4.90 Å². The van der Waals surface area contributed by atoms with Gasteiger partial charge in [0.15, 0.2) is 5.69 Å². The SMILES string of the molecule is Cn1cc(S(=O)(=O)N2CCN(C(=O)c3nn(C)cc3Br)CC2)cn1. The van der Waals surface area contributed by atoms with Crippen molar-refractivity contribution in [3.05, 3.63) is 28.8 Å². The lowest BCUT2D eigenvalue weighted by atomic mass is 10.3. The fraction of sp³-hybridized carbons (Fsp3) is 0.462.